The van der Waals surface area contributed by atoms with Gasteiger partial charge in [-0.15, -0.1) is 0 Å². The Morgan fingerprint density at radius 3 is 2.87 bits per heavy atom. The molecule has 0 radical (unpaired) electrons. The fraction of sp³-hybridized carbons (Fsp3) is 1.00. The summed E-state index contributed by atoms with van der Waals surface area (Å²) in [4.78, 5) is 5.14. The molecule has 3 heteroatoms. The number of nitrogens with zero attached hydrogens (tertiary/aromatic N) is 2. The van der Waals surface area contributed by atoms with Crippen LogP contribution in [0.25, 0.3) is 0 Å². The van der Waals surface area contributed by atoms with Gasteiger partial charge in [0, 0.05) is 25.2 Å². The monoisotopic (exact) mass is 211 g/mol. The van der Waals surface area contributed by atoms with E-state index in [0.717, 1.165) is 12.1 Å². The number of rotatable bonds is 2. The van der Waals surface area contributed by atoms with Crippen molar-refractivity contribution in [1.82, 2.24) is 15.1 Å². The lowest BCUT2D eigenvalue weighted by Crippen LogP contribution is -2.44. The van der Waals surface area contributed by atoms with E-state index in [4.69, 9.17) is 0 Å². The highest BCUT2D eigenvalue weighted by Crippen LogP contribution is 2.12. The maximum atomic E-state index is 3.60. The van der Waals surface area contributed by atoms with Crippen molar-refractivity contribution in [3.63, 3.8) is 0 Å². The Kier molecular flexibility index (Phi) is 4.00. The van der Waals surface area contributed by atoms with Crippen LogP contribution in [0.15, 0.2) is 0 Å². The fourth-order valence-electron chi connectivity index (χ4n) is 2.89. The summed E-state index contributed by atoms with van der Waals surface area (Å²) in [5, 5.41) is 3.60. The summed E-state index contributed by atoms with van der Waals surface area (Å²) in [5.74, 6) is 0. The predicted octanol–water partition coefficient (Wildman–Crippen LogP) is 0.764. The van der Waals surface area contributed by atoms with E-state index in [1.54, 1.807) is 0 Å². The van der Waals surface area contributed by atoms with Crippen molar-refractivity contribution in [3.05, 3.63) is 0 Å². The zero-order valence-corrected chi connectivity index (χ0v) is 10.2. The van der Waals surface area contributed by atoms with Crippen LogP contribution in [-0.4, -0.2) is 61.7 Å². The van der Waals surface area contributed by atoms with Crippen molar-refractivity contribution in [3.8, 4) is 0 Å². The molecular weight excluding hydrogens is 186 g/mol. The van der Waals surface area contributed by atoms with Gasteiger partial charge in [0.1, 0.15) is 0 Å². The first kappa shape index (κ1) is 11.4. The van der Waals surface area contributed by atoms with E-state index in [0.29, 0.717) is 0 Å². The quantitative estimate of drug-likeness (QED) is 0.728. The SMILES string of the molecule is CC1CN(C)CCCN1C[C@H]1CCCN1. The van der Waals surface area contributed by atoms with Crippen LogP contribution in [0.2, 0.25) is 0 Å². The predicted molar refractivity (Wildman–Crippen MR) is 64.2 cm³/mol. The third-order valence-electron chi connectivity index (χ3n) is 3.80. The van der Waals surface area contributed by atoms with Gasteiger partial charge in [-0.05, 0) is 52.9 Å². The van der Waals surface area contributed by atoms with Crippen LogP contribution in [0.1, 0.15) is 26.2 Å². The molecule has 2 fully saturated rings. The van der Waals surface area contributed by atoms with Crippen molar-refractivity contribution in [2.24, 2.45) is 0 Å². The van der Waals surface area contributed by atoms with Crippen LogP contribution < -0.4 is 5.32 Å². The molecule has 1 N–H and O–H groups in total. The average molecular weight is 211 g/mol. The fourth-order valence-corrected chi connectivity index (χ4v) is 2.89. The second-order valence-corrected chi connectivity index (χ2v) is 5.25. The molecule has 0 aliphatic carbocycles. The largest absolute Gasteiger partial charge is 0.313 e. The first-order valence-electron chi connectivity index (χ1n) is 6.41. The smallest absolute Gasteiger partial charge is 0.0195 e. The van der Waals surface area contributed by atoms with Crippen LogP contribution in [0.4, 0.5) is 0 Å². The normalized spacial score (nSPS) is 35.6. The zero-order valence-electron chi connectivity index (χ0n) is 10.2. The summed E-state index contributed by atoms with van der Waals surface area (Å²) in [6, 6.07) is 1.48. The van der Waals surface area contributed by atoms with Gasteiger partial charge in [-0.25, -0.2) is 0 Å². The van der Waals surface area contributed by atoms with Gasteiger partial charge in [0.05, 0.1) is 0 Å². The molecule has 0 amide bonds. The Balaban J connectivity index is 1.83. The molecule has 0 saturated carbocycles. The van der Waals surface area contributed by atoms with E-state index >= 15 is 0 Å². The molecule has 2 aliphatic heterocycles. The number of nitrogens with one attached hydrogen (secondary N) is 1. The molecule has 1 unspecified atom stereocenters. The lowest BCUT2D eigenvalue weighted by Gasteiger charge is -2.30. The third kappa shape index (κ3) is 3.16. The van der Waals surface area contributed by atoms with Gasteiger partial charge >= 0.3 is 0 Å². The average Bonchev–Trinajstić information content (AvgIpc) is 2.63. The number of hydrogen-bond acceptors (Lipinski definition) is 3. The molecule has 0 spiro atoms. The van der Waals surface area contributed by atoms with Crippen molar-refractivity contribution < 1.29 is 0 Å². The molecule has 3 nitrogen and oxygen atoms in total. The van der Waals surface area contributed by atoms with E-state index in [1.807, 2.05) is 0 Å². The van der Waals surface area contributed by atoms with Crippen LogP contribution in [0.3, 0.4) is 0 Å². The Morgan fingerprint density at radius 2 is 2.13 bits per heavy atom. The van der Waals surface area contributed by atoms with Gasteiger partial charge in [0.15, 0.2) is 0 Å². The molecule has 2 saturated heterocycles. The summed E-state index contributed by atoms with van der Waals surface area (Å²) >= 11 is 0. The van der Waals surface area contributed by atoms with Crippen LogP contribution in [0.5, 0.6) is 0 Å². The van der Waals surface area contributed by atoms with E-state index in [-0.39, 0.29) is 0 Å². The highest BCUT2D eigenvalue weighted by Gasteiger charge is 2.23. The minimum absolute atomic E-state index is 0.722. The van der Waals surface area contributed by atoms with Gasteiger partial charge in [-0.1, -0.05) is 0 Å². The molecule has 0 aromatic heterocycles. The van der Waals surface area contributed by atoms with Crippen molar-refractivity contribution in [2.45, 2.75) is 38.3 Å². The maximum Gasteiger partial charge on any atom is 0.0195 e. The maximum absolute atomic E-state index is 3.60. The second kappa shape index (κ2) is 5.28. The topological polar surface area (TPSA) is 18.5 Å². The molecule has 2 heterocycles. The van der Waals surface area contributed by atoms with E-state index in [9.17, 15) is 0 Å². The number of likely N-dealkylation sites (N-methyl/N-ethyl adjacent to an activating group) is 1. The summed E-state index contributed by atoms with van der Waals surface area (Å²) in [5.41, 5.74) is 0. The Morgan fingerprint density at radius 1 is 1.27 bits per heavy atom. The molecular formula is C12H25N3. The van der Waals surface area contributed by atoms with Crippen molar-refractivity contribution in [1.29, 1.82) is 0 Å². The van der Waals surface area contributed by atoms with Gasteiger partial charge in [0.2, 0.25) is 0 Å². The minimum Gasteiger partial charge on any atom is -0.313 e. The molecule has 88 valence electrons. The van der Waals surface area contributed by atoms with E-state index < -0.39 is 0 Å². The Bertz CT molecular complexity index is 189. The second-order valence-electron chi connectivity index (χ2n) is 5.25. The van der Waals surface area contributed by atoms with Crippen molar-refractivity contribution in [2.75, 3.05) is 39.8 Å². The molecule has 0 aromatic carbocycles. The minimum atomic E-state index is 0.722. The van der Waals surface area contributed by atoms with Gasteiger partial charge in [-0.2, -0.15) is 0 Å². The van der Waals surface area contributed by atoms with Crippen LogP contribution in [0, 0.1) is 0 Å². The highest BCUT2D eigenvalue weighted by atomic mass is 15.2. The molecule has 0 bridgehead atoms. The van der Waals surface area contributed by atoms with Gasteiger partial charge in [0.25, 0.3) is 0 Å². The van der Waals surface area contributed by atoms with Gasteiger partial charge < -0.3 is 10.2 Å². The number of hydrogen-bond donors (Lipinski definition) is 1. The standard InChI is InChI=1S/C12H25N3/c1-11-9-14(2)7-4-8-15(11)10-12-5-3-6-13-12/h11-13H,3-10H2,1-2H3/t11?,12-/m1/s1. The van der Waals surface area contributed by atoms with E-state index in [1.165, 1.54) is 52.0 Å². The molecule has 2 rings (SSSR count). The highest BCUT2D eigenvalue weighted by molar-refractivity contribution is 4.82. The Hall–Kier alpha value is -0.120. The summed E-state index contributed by atoms with van der Waals surface area (Å²) in [6.45, 7) is 8.63. The van der Waals surface area contributed by atoms with E-state index in [2.05, 4.69) is 29.1 Å². The zero-order chi connectivity index (χ0) is 10.7. The summed E-state index contributed by atoms with van der Waals surface area (Å²) < 4.78 is 0. The third-order valence-corrected chi connectivity index (χ3v) is 3.80. The van der Waals surface area contributed by atoms with Crippen molar-refractivity contribution >= 4 is 0 Å². The Labute approximate surface area is 93.8 Å². The molecule has 2 aliphatic rings. The first-order valence-corrected chi connectivity index (χ1v) is 6.41. The van der Waals surface area contributed by atoms with Crippen LogP contribution >= 0.6 is 0 Å². The van der Waals surface area contributed by atoms with Crippen LogP contribution in [-0.2, 0) is 0 Å². The lowest BCUT2D eigenvalue weighted by molar-refractivity contribution is 0.187. The van der Waals surface area contributed by atoms with Gasteiger partial charge in [-0.3, -0.25) is 4.90 Å². The summed E-state index contributed by atoms with van der Waals surface area (Å²) in [7, 11) is 2.24. The molecule has 15 heavy (non-hydrogen) atoms. The summed E-state index contributed by atoms with van der Waals surface area (Å²) in [6.07, 6.45) is 4.07. The lowest BCUT2D eigenvalue weighted by atomic mass is 10.2. The molecule has 0 aromatic rings. The molecule has 2 atom stereocenters. The first-order chi connectivity index (χ1) is 7.25.